The summed E-state index contributed by atoms with van der Waals surface area (Å²) >= 11 is 0. The van der Waals surface area contributed by atoms with Gasteiger partial charge in [-0.05, 0) is 44.9 Å². The highest BCUT2D eigenvalue weighted by molar-refractivity contribution is 7.47. The number of hydrogen-bond donors (Lipinski definition) is 3. The van der Waals surface area contributed by atoms with Gasteiger partial charge in [0.15, 0.2) is 0 Å². The molecule has 0 aromatic rings. The van der Waals surface area contributed by atoms with E-state index in [9.17, 15) is 19.4 Å². The van der Waals surface area contributed by atoms with Gasteiger partial charge in [-0.25, -0.2) is 4.57 Å². The van der Waals surface area contributed by atoms with Crippen molar-refractivity contribution in [2.75, 3.05) is 33.0 Å². The van der Waals surface area contributed by atoms with Crippen LogP contribution in [-0.2, 0) is 27.9 Å². The molecular formula is C39H71O9P. The van der Waals surface area contributed by atoms with Crippen molar-refractivity contribution in [2.45, 2.75) is 161 Å². The third-order valence-electron chi connectivity index (χ3n) is 7.78. The predicted octanol–water partition coefficient (Wildman–Crippen LogP) is 9.86. The van der Waals surface area contributed by atoms with Gasteiger partial charge in [0, 0.05) is 13.0 Å². The standard InChI is InChI=1S/C39H71O9P/c1-3-5-7-9-11-13-15-17-19-21-23-25-27-29-31-39(42)48-38(36-47-49(43,44)46-34-37(41)33-40)35-45-32-30-28-26-24-22-20-18-16-14-12-10-8-6-4-2/h6,8,12,14,18,20,24,26,37-38,40-41H,3-5,7,9-11,13,15-17,19,21-23,25,27-36H2,1-2H3,(H,43,44)/b8-6-,14-12-,20-18-,26-24-. The monoisotopic (exact) mass is 714 g/mol. The van der Waals surface area contributed by atoms with Gasteiger partial charge in [-0.2, -0.15) is 0 Å². The van der Waals surface area contributed by atoms with Crippen LogP contribution in [0.2, 0.25) is 0 Å². The number of rotatable bonds is 36. The molecule has 0 fully saturated rings. The summed E-state index contributed by atoms with van der Waals surface area (Å²) in [6.07, 6.45) is 37.9. The number of ether oxygens (including phenoxy) is 2. The predicted molar refractivity (Wildman–Crippen MR) is 200 cm³/mol. The van der Waals surface area contributed by atoms with Crippen molar-refractivity contribution in [3.63, 3.8) is 0 Å². The van der Waals surface area contributed by atoms with Crippen LogP contribution in [0.15, 0.2) is 48.6 Å². The van der Waals surface area contributed by atoms with Gasteiger partial charge in [-0.3, -0.25) is 13.8 Å². The molecule has 10 heteroatoms. The zero-order valence-electron chi connectivity index (χ0n) is 30.9. The Morgan fingerprint density at radius 1 is 0.653 bits per heavy atom. The molecule has 0 amide bonds. The minimum atomic E-state index is -4.52. The van der Waals surface area contributed by atoms with Crippen molar-refractivity contribution < 1.29 is 43.0 Å². The van der Waals surface area contributed by atoms with Crippen molar-refractivity contribution in [3.05, 3.63) is 48.6 Å². The van der Waals surface area contributed by atoms with Crippen molar-refractivity contribution in [3.8, 4) is 0 Å². The first-order valence-corrected chi connectivity index (χ1v) is 20.6. The van der Waals surface area contributed by atoms with Gasteiger partial charge >= 0.3 is 13.8 Å². The molecule has 0 saturated carbocycles. The third kappa shape index (κ3) is 36.0. The second-order valence-electron chi connectivity index (χ2n) is 12.6. The average Bonchev–Trinajstić information content (AvgIpc) is 3.09. The number of allylic oxidation sites excluding steroid dienone is 8. The van der Waals surface area contributed by atoms with E-state index < -0.39 is 45.8 Å². The average molecular weight is 715 g/mol. The van der Waals surface area contributed by atoms with Crippen molar-refractivity contribution >= 4 is 13.8 Å². The van der Waals surface area contributed by atoms with E-state index in [1.54, 1.807) is 0 Å². The zero-order valence-corrected chi connectivity index (χ0v) is 31.8. The molecule has 49 heavy (non-hydrogen) atoms. The van der Waals surface area contributed by atoms with E-state index in [0.29, 0.717) is 6.61 Å². The van der Waals surface area contributed by atoms with E-state index in [0.717, 1.165) is 57.8 Å². The largest absolute Gasteiger partial charge is 0.472 e. The molecule has 0 rings (SSSR count). The Balaban J connectivity index is 4.32. The summed E-state index contributed by atoms with van der Waals surface area (Å²) in [5.74, 6) is -0.402. The lowest BCUT2D eigenvalue weighted by molar-refractivity contribution is -0.154. The van der Waals surface area contributed by atoms with Crippen molar-refractivity contribution in [2.24, 2.45) is 0 Å². The SMILES string of the molecule is CC/C=C\C/C=C\C/C=C\C/C=C\CCCOCC(COP(=O)(O)OCC(O)CO)OC(=O)CCCCCCCCCCCCCCCC. The highest BCUT2D eigenvalue weighted by Gasteiger charge is 2.26. The molecule has 0 aliphatic heterocycles. The minimum Gasteiger partial charge on any atom is -0.457 e. The van der Waals surface area contributed by atoms with Gasteiger partial charge in [-0.15, -0.1) is 0 Å². The Bertz CT molecular complexity index is 903. The number of hydrogen-bond acceptors (Lipinski definition) is 8. The Labute approximate surface area is 298 Å². The van der Waals surface area contributed by atoms with E-state index in [-0.39, 0.29) is 13.0 Å². The number of carbonyl (C=O) groups excluding carboxylic acids is 1. The molecule has 0 radical (unpaired) electrons. The van der Waals surface area contributed by atoms with Gasteiger partial charge in [0.2, 0.25) is 0 Å². The Morgan fingerprint density at radius 3 is 1.67 bits per heavy atom. The summed E-state index contributed by atoms with van der Waals surface area (Å²) in [6.45, 7) is 3.24. The summed E-state index contributed by atoms with van der Waals surface area (Å²) in [4.78, 5) is 22.5. The topological polar surface area (TPSA) is 132 Å². The number of esters is 1. The Kier molecular flexibility index (Phi) is 35.1. The molecule has 0 bridgehead atoms. The summed E-state index contributed by atoms with van der Waals surface area (Å²) < 4.78 is 33.1. The molecule has 0 heterocycles. The van der Waals surface area contributed by atoms with Crippen LogP contribution in [-0.4, -0.2) is 66.3 Å². The normalized spacial score (nSPS) is 14.8. The molecule has 3 atom stereocenters. The van der Waals surface area contributed by atoms with E-state index in [1.807, 2.05) is 0 Å². The van der Waals surface area contributed by atoms with Crippen LogP contribution in [0.4, 0.5) is 0 Å². The highest BCUT2D eigenvalue weighted by atomic mass is 31.2. The highest BCUT2D eigenvalue weighted by Crippen LogP contribution is 2.43. The lowest BCUT2D eigenvalue weighted by atomic mass is 10.0. The second-order valence-corrected chi connectivity index (χ2v) is 14.0. The number of carbonyl (C=O) groups is 1. The first kappa shape index (κ1) is 47.4. The fourth-order valence-electron chi connectivity index (χ4n) is 4.89. The summed E-state index contributed by atoms with van der Waals surface area (Å²) in [5.41, 5.74) is 0. The molecule has 3 unspecified atom stereocenters. The molecule has 0 aromatic heterocycles. The molecule has 0 saturated heterocycles. The summed E-state index contributed by atoms with van der Waals surface area (Å²) in [5, 5.41) is 18.3. The van der Waals surface area contributed by atoms with Gasteiger partial charge in [0.1, 0.15) is 12.2 Å². The van der Waals surface area contributed by atoms with E-state index in [2.05, 4.69) is 62.5 Å². The number of phosphoric ester groups is 1. The number of aliphatic hydroxyl groups is 2. The zero-order chi connectivity index (χ0) is 36.1. The molecule has 0 aliphatic rings. The van der Waals surface area contributed by atoms with Crippen LogP contribution >= 0.6 is 7.82 Å². The second kappa shape index (κ2) is 36.2. The maximum Gasteiger partial charge on any atom is 0.472 e. The van der Waals surface area contributed by atoms with Crippen molar-refractivity contribution in [1.82, 2.24) is 0 Å². The van der Waals surface area contributed by atoms with Gasteiger partial charge in [-0.1, -0.05) is 146 Å². The summed E-state index contributed by atoms with van der Waals surface area (Å²) in [7, 11) is -4.52. The third-order valence-corrected chi connectivity index (χ3v) is 8.73. The lowest BCUT2D eigenvalue weighted by Crippen LogP contribution is -2.29. The molecular weight excluding hydrogens is 643 g/mol. The van der Waals surface area contributed by atoms with E-state index in [1.165, 1.54) is 70.6 Å². The molecule has 0 spiro atoms. The van der Waals surface area contributed by atoms with E-state index >= 15 is 0 Å². The van der Waals surface area contributed by atoms with Crippen LogP contribution < -0.4 is 0 Å². The molecule has 9 nitrogen and oxygen atoms in total. The lowest BCUT2D eigenvalue weighted by Gasteiger charge is -2.20. The van der Waals surface area contributed by atoms with Crippen molar-refractivity contribution in [1.29, 1.82) is 0 Å². The number of aliphatic hydroxyl groups excluding tert-OH is 2. The minimum absolute atomic E-state index is 0.0119. The quantitative estimate of drug-likeness (QED) is 0.0251. The molecule has 0 aliphatic carbocycles. The first-order valence-electron chi connectivity index (χ1n) is 19.1. The van der Waals surface area contributed by atoms with Gasteiger partial charge < -0.3 is 24.6 Å². The first-order chi connectivity index (χ1) is 23.8. The van der Waals surface area contributed by atoms with Crippen LogP contribution in [0, 0.1) is 0 Å². The van der Waals surface area contributed by atoms with Crippen LogP contribution in [0.5, 0.6) is 0 Å². The Morgan fingerprint density at radius 2 is 1.14 bits per heavy atom. The van der Waals surface area contributed by atoms with Crippen LogP contribution in [0.3, 0.4) is 0 Å². The van der Waals surface area contributed by atoms with Crippen LogP contribution in [0.1, 0.15) is 149 Å². The molecule has 286 valence electrons. The van der Waals surface area contributed by atoms with Gasteiger partial charge in [0.25, 0.3) is 0 Å². The van der Waals surface area contributed by atoms with E-state index in [4.69, 9.17) is 23.6 Å². The number of unbranched alkanes of at least 4 members (excludes halogenated alkanes) is 14. The Hall–Kier alpha value is -1.58. The maximum absolute atomic E-state index is 12.5. The number of phosphoric acid groups is 1. The summed E-state index contributed by atoms with van der Waals surface area (Å²) in [6, 6.07) is 0. The molecule has 0 aromatic carbocycles. The fraction of sp³-hybridized carbons (Fsp3) is 0.769. The van der Waals surface area contributed by atoms with Gasteiger partial charge in [0.05, 0.1) is 26.4 Å². The van der Waals surface area contributed by atoms with Crippen LogP contribution in [0.25, 0.3) is 0 Å². The fourth-order valence-corrected chi connectivity index (χ4v) is 5.68. The smallest absolute Gasteiger partial charge is 0.457 e. The molecule has 3 N–H and O–H groups in total. The maximum atomic E-state index is 12.5.